The van der Waals surface area contributed by atoms with Crippen molar-refractivity contribution in [1.29, 1.82) is 0 Å². The quantitative estimate of drug-likeness (QED) is 0.0574. The zero-order valence-corrected chi connectivity index (χ0v) is 85.7. The Balaban J connectivity index is 0.000000163. The third-order valence-corrected chi connectivity index (χ3v) is 1010. The molecule has 0 bridgehead atoms. The van der Waals surface area contributed by atoms with Gasteiger partial charge in [0.25, 0.3) is 0 Å². The molecule has 4 aliphatic rings. The van der Waals surface area contributed by atoms with Crippen LogP contribution in [0.15, 0.2) is 94.2 Å². The van der Waals surface area contributed by atoms with Gasteiger partial charge < -0.3 is 37.8 Å². The molecule has 4 aromatic heterocycles. The molecule has 2 saturated heterocycles. The van der Waals surface area contributed by atoms with E-state index in [1.54, 1.807) is 18.3 Å². The molecule has 0 radical (unpaired) electrons. The number of esters is 1. The number of carboxylic acids is 1. The van der Waals surface area contributed by atoms with Crippen molar-refractivity contribution in [2.75, 3.05) is 82.4 Å². The summed E-state index contributed by atoms with van der Waals surface area (Å²) in [6.45, 7) is 9.41. The molecule has 4 aromatic carbocycles. The van der Waals surface area contributed by atoms with Gasteiger partial charge in [-0.1, -0.05) is 56.7 Å². The van der Waals surface area contributed by atoms with Gasteiger partial charge >= 0.3 is 235 Å². The number of fused-ring (bicyclic) bond motifs is 2. The monoisotopic (exact) mass is 3120 g/mol. The second kappa shape index (κ2) is 37.3. The predicted molar refractivity (Wildman–Crippen MR) is 521 cm³/mol. The SMILES string of the molecule is COC(=O)c1cn(C)c2cc(N3CCN(CCc4c(-c5ccc(Cl)cc5Cl)noc4C4CC4)CC3)ccc12.Cn1cc(C(=O)O)c2ccc(N3CCN(CCc4c(-c5ccc(Cl)cc5Cl)noc4C4CC4)CC3)cc21.II(I)I(I)I(I)I(I)I(I)I(I)I(I)I. The van der Waals surface area contributed by atoms with Gasteiger partial charge in [-0.15, -0.1) is 0 Å². The number of rotatable bonds is 20. The number of methoxy groups -OCH3 is 1. The van der Waals surface area contributed by atoms with Crippen LogP contribution in [-0.2, 0) is 31.7 Å². The molecule has 0 amide bonds. The number of ether oxygens (including phenoxy) is 1. The molecule has 34 heteroatoms. The molecule has 12 rings (SSSR count). The molecular weight excluding hydrogens is 3060 g/mol. The first-order valence-electron chi connectivity index (χ1n) is 27.8. The standard InChI is InChI=1S/C29H30Cl2N4O3.C28H28Cl2N4O3.I16/c1-33-17-24(29(36)37-2)21-8-6-20(16-26(21)33)35-13-11-34(12-14-35)10-9-23-27(32-38-28(23)18-3-4-18)22-7-5-19(30)15-25(22)31;1-32-16-23(28(35)36)20-7-5-19(15-25(20)32)34-12-10-33(11-13-34)9-8-22-26(31-37-27(22)17-2-3-17)21-6-4-18(29)14-24(21)30;1-10(2)12(5)14(7)16(9)15(8)13(6)11(3)4/h5-8,15-18H,3-4,9-14H2,1-2H3;4-7,14-17H,2-3,8-13H2,1H3,(H,35,36);. The van der Waals surface area contributed by atoms with E-state index in [0.717, 1.165) is 171 Å². The van der Waals surface area contributed by atoms with Crippen molar-refractivity contribution in [3.05, 3.63) is 139 Å². The number of halogens is 20. The number of nitrogens with zero attached hydrogens (tertiary/aromatic N) is 8. The van der Waals surface area contributed by atoms with Gasteiger partial charge in [0.05, 0.1) is 39.3 Å². The molecule has 1 N–H and O–H groups in total. The average Bonchev–Trinajstić information content (AvgIpc) is 1.69. The van der Waals surface area contributed by atoms with E-state index in [2.05, 4.69) is 216 Å². The van der Waals surface area contributed by atoms with E-state index in [1.807, 2.05) is 71.9 Å². The molecule has 6 heterocycles. The number of aromatic carboxylic acids is 1. The van der Waals surface area contributed by atoms with E-state index in [4.69, 9.17) is 60.2 Å². The number of hydrogen-bond donors (Lipinski definition) is 1. The van der Waals surface area contributed by atoms with Crippen LogP contribution in [0.2, 0.25) is 20.1 Å². The zero-order chi connectivity index (χ0) is 65.1. The van der Waals surface area contributed by atoms with Crippen molar-refractivity contribution in [2.45, 2.75) is 50.4 Å². The molecule has 2 saturated carbocycles. The summed E-state index contributed by atoms with van der Waals surface area (Å²) in [7, 11) is 2.63. The van der Waals surface area contributed by atoms with E-state index >= 15 is 0 Å². The molecule has 14 nitrogen and oxygen atoms in total. The Hall–Kier alpha value is 5.68. The van der Waals surface area contributed by atoms with E-state index in [1.165, 1.54) is 18.4 Å². The van der Waals surface area contributed by atoms with E-state index in [0.29, 0.717) is 43.1 Å². The van der Waals surface area contributed by atoms with Gasteiger partial charge in [-0.2, -0.15) is 0 Å². The third-order valence-electron chi connectivity index (χ3n) is 15.8. The number of hydrogen-bond acceptors (Lipinski definition) is 11. The number of anilines is 2. The summed E-state index contributed by atoms with van der Waals surface area (Å²) < 4.78 is 20.5. The summed E-state index contributed by atoms with van der Waals surface area (Å²) in [5, 5.41) is 22.4. The number of carbonyl (C=O) groups is 2. The predicted octanol–water partition coefficient (Wildman–Crippen LogP) is 26.4. The van der Waals surface area contributed by atoms with Gasteiger partial charge in [0.15, 0.2) is 0 Å². The average molecular weight is 3120 g/mol. The van der Waals surface area contributed by atoms with Crippen LogP contribution in [0.4, 0.5) is 11.4 Å². The molecule has 2 aliphatic heterocycles. The van der Waals surface area contributed by atoms with E-state index in [-0.39, 0.29) is 45.4 Å². The molecule has 8 aromatic rings. The number of carbonyl (C=O) groups excluding carboxylic acids is 1. The van der Waals surface area contributed by atoms with Crippen molar-refractivity contribution >= 4 is 314 Å². The molecule has 2 aliphatic carbocycles. The Morgan fingerprint density at radius 1 is 0.549 bits per heavy atom. The van der Waals surface area contributed by atoms with Crippen LogP contribution >= 0.6 is 269 Å². The van der Waals surface area contributed by atoms with Gasteiger partial charge in [0.2, 0.25) is 0 Å². The fourth-order valence-corrected chi connectivity index (χ4v) is 2110. The Bertz CT molecular complexity index is 3860. The minimum atomic E-state index is -0.897. The van der Waals surface area contributed by atoms with Crippen molar-refractivity contribution in [1.82, 2.24) is 29.2 Å². The van der Waals surface area contributed by atoms with Gasteiger partial charge in [-0.3, -0.25) is 9.80 Å². The first-order valence-corrected chi connectivity index (χ1v) is 124. The Morgan fingerprint density at radius 2 is 0.934 bits per heavy atom. The fourth-order valence-electron chi connectivity index (χ4n) is 11.0. The molecule has 91 heavy (non-hydrogen) atoms. The maximum atomic E-state index is 12.1. The topological polar surface area (TPSA) is 138 Å². The summed E-state index contributed by atoms with van der Waals surface area (Å²) in [6.07, 6.45) is 9.85. The Morgan fingerprint density at radius 3 is 1.30 bits per heavy atom. The van der Waals surface area contributed by atoms with Crippen molar-refractivity contribution in [3.8, 4) is 22.5 Å². The minimum absolute atomic E-state index is 0.309. The number of aryl methyl sites for hydroxylation is 2. The molecule has 502 valence electrons. The number of carboxylic acid groups (broad SMARTS) is 1. The number of piperazine rings is 2. The maximum absolute atomic E-state index is 12.1. The summed E-state index contributed by atoms with van der Waals surface area (Å²) in [6, 6.07) is 23.4. The van der Waals surface area contributed by atoms with Crippen LogP contribution < -0.4 is 9.80 Å². The number of aromatic nitrogens is 4. The van der Waals surface area contributed by atoms with Crippen molar-refractivity contribution in [2.24, 2.45) is 14.1 Å². The van der Waals surface area contributed by atoms with Gasteiger partial charge in [-0.05, 0) is 111 Å². The Labute approximate surface area is 664 Å². The normalized spacial score (nSPS) is 16.6. The molecule has 0 unspecified atom stereocenters. The second-order valence-electron chi connectivity index (χ2n) is 21.3. The molecule has 0 spiro atoms. The van der Waals surface area contributed by atoms with Gasteiger partial charge in [0.1, 0.15) is 22.9 Å². The van der Waals surface area contributed by atoms with Crippen molar-refractivity contribution < 1.29 is 28.5 Å². The summed E-state index contributed by atoms with van der Waals surface area (Å²) in [5.41, 5.74) is 10.9. The van der Waals surface area contributed by atoms with E-state index in [9.17, 15) is 14.7 Å². The summed E-state index contributed by atoms with van der Waals surface area (Å²) in [5.74, 6) is 1.76. The summed E-state index contributed by atoms with van der Waals surface area (Å²) >= 11 is 51.9. The van der Waals surface area contributed by atoms with Crippen LogP contribution in [0.3, 0.4) is 0 Å². The summed E-state index contributed by atoms with van der Waals surface area (Å²) in [4.78, 5) is 33.4. The first kappa shape index (κ1) is 79.2. The second-order valence-corrected chi connectivity index (χ2v) is 364. The van der Waals surface area contributed by atoms with Crippen LogP contribution in [0.5, 0.6) is 0 Å². The molecular formula is C57H58Cl4I16N8O6. The zero-order valence-electron chi connectivity index (χ0n) is 48.2. The van der Waals surface area contributed by atoms with Gasteiger partial charge in [-0.25, -0.2) is 9.59 Å². The van der Waals surface area contributed by atoms with Crippen molar-refractivity contribution in [3.63, 3.8) is 0 Å². The van der Waals surface area contributed by atoms with Crippen LogP contribution in [0.25, 0.3) is 44.3 Å². The number of benzene rings is 4. The molecule has 4 fully saturated rings. The molecule has 0 atom stereocenters. The van der Waals surface area contributed by atoms with Crippen LogP contribution in [0, 0.1) is 0 Å². The Kier molecular flexibility index (Phi) is 32.5. The van der Waals surface area contributed by atoms with E-state index < -0.39 is 21.8 Å². The fraction of sp³-hybridized carbons (Fsp3) is 0.368. The van der Waals surface area contributed by atoms with Crippen LogP contribution in [0.1, 0.15) is 80.9 Å². The van der Waals surface area contributed by atoms with Gasteiger partial charge in [0, 0.05) is 158 Å². The third kappa shape index (κ3) is 20.6. The van der Waals surface area contributed by atoms with Crippen LogP contribution in [-0.4, -0.2) is 119 Å². The first-order chi connectivity index (χ1) is 43.5.